The molecule has 4 aromatic carbocycles. The Labute approximate surface area is 208 Å². The van der Waals surface area contributed by atoms with Crippen LogP contribution in [-0.2, 0) is 4.79 Å². The predicted molar refractivity (Wildman–Crippen MR) is 135 cm³/mol. The Morgan fingerprint density at radius 1 is 0.722 bits per heavy atom. The highest BCUT2D eigenvalue weighted by atomic mass is 16.5. The van der Waals surface area contributed by atoms with Crippen LogP contribution in [0.4, 0.5) is 11.4 Å². The summed E-state index contributed by atoms with van der Waals surface area (Å²) in [5.74, 6) is -2.48. The predicted octanol–water partition coefficient (Wildman–Crippen LogP) is 4.08. The Hall–Kier alpha value is -4.91. The van der Waals surface area contributed by atoms with Crippen LogP contribution in [0.15, 0.2) is 103 Å². The fraction of sp³-hybridized carbons (Fsp3) is 0.0690. The summed E-state index contributed by atoms with van der Waals surface area (Å²) in [6.07, 6.45) is 0. The minimum absolute atomic E-state index is 0.108. The van der Waals surface area contributed by atoms with E-state index in [-0.39, 0.29) is 22.7 Å². The minimum Gasteiger partial charge on any atom is -0.545 e. The van der Waals surface area contributed by atoms with Gasteiger partial charge < -0.3 is 25.3 Å². The molecule has 7 nitrogen and oxygen atoms in total. The number of para-hydroxylation sites is 1. The van der Waals surface area contributed by atoms with Crippen LogP contribution < -0.4 is 20.5 Å². The fourth-order valence-corrected chi connectivity index (χ4v) is 3.90. The molecule has 0 fully saturated rings. The molecule has 4 rings (SSSR count). The molecule has 0 saturated heterocycles. The van der Waals surface area contributed by atoms with Gasteiger partial charge in [0, 0.05) is 11.1 Å². The minimum atomic E-state index is -1.40. The number of carbonyl (C=O) groups excluding carboxylic acids is 3. The molecule has 0 unspecified atom stereocenters. The molecule has 2 amide bonds. The molecule has 0 spiro atoms. The number of ether oxygens (including phenoxy) is 1. The second kappa shape index (κ2) is 11.0. The molecule has 36 heavy (non-hydrogen) atoms. The van der Waals surface area contributed by atoms with Crippen LogP contribution in [0.3, 0.4) is 0 Å². The Balaban J connectivity index is 1.63. The summed E-state index contributed by atoms with van der Waals surface area (Å²) in [6.45, 7) is 0. The van der Waals surface area contributed by atoms with Gasteiger partial charge in [-0.05, 0) is 35.4 Å². The van der Waals surface area contributed by atoms with E-state index >= 15 is 0 Å². The van der Waals surface area contributed by atoms with Crippen molar-refractivity contribution >= 4 is 29.2 Å². The molecule has 180 valence electrons. The van der Waals surface area contributed by atoms with E-state index in [1.165, 1.54) is 37.4 Å². The summed E-state index contributed by atoms with van der Waals surface area (Å²) in [5.41, 5.74) is 2.11. The van der Waals surface area contributed by atoms with Crippen molar-refractivity contribution < 1.29 is 24.2 Å². The van der Waals surface area contributed by atoms with Gasteiger partial charge in [0.15, 0.2) is 0 Å². The van der Waals surface area contributed by atoms with Crippen molar-refractivity contribution in [2.75, 3.05) is 17.7 Å². The summed E-state index contributed by atoms with van der Waals surface area (Å²) in [4.78, 5) is 37.8. The number of carboxylic acid groups (broad SMARTS) is 1. The van der Waals surface area contributed by atoms with Crippen molar-refractivity contribution in [2.45, 2.75) is 5.92 Å². The van der Waals surface area contributed by atoms with E-state index in [2.05, 4.69) is 10.6 Å². The number of hydrogen-bond acceptors (Lipinski definition) is 5. The van der Waals surface area contributed by atoms with Gasteiger partial charge in [0.1, 0.15) is 5.75 Å². The third kappa shape index (κ3) is 5.42. The molecule has 4 aromatic rings. The molecule has 0 aliphatic heterocycles. The van der Waals surface area contributed by atoms with Gasteiger partial charge in [-0.25, -0.2) is 0 Å². The molecule has 0 radical (unpaired) electrons. The number of carboxylic acids is 1. The summed E-state index contributed by atoms with van der Waals surface area (Å²) in [7, 11) is 1.46. The van der Waals surface area contributed by atoms with Gasteiger partial charge in [0.25, 0.3) is 5.91 Å². The second-order valence-corrected chi connectivity index (χ2v) is 7.95. The van der Waals surface area contributed by atoms with Crippen LogP contribution in [0.1, 0.15) is 37.8 Å². The van der Waals surface area contributed by atoms with Gasteiger partial charge in [-0.3, -0.25) is 9.59 Å². The average Bonchev–Trinajstić information content (AvgIpc) is 2.90. The lowest BCUT2D eigenvalue weighted by Crippen LogP contribution is -2.25. The van der Waals surface area contributed by atoms with E-state index in [0.717, 1.165) is 11.1 Å². The zero-order valence-electron chi connectivity index (χ0n) is 19.4. The summed E-state index contributed by atoms with van der Waals surface area (Å²) in [6, 6.07) is 29.3. The highest BCUT2D eigenvalue weighted by molar-refractivity contribution is 6.08. The number of methoxy groups -OCH3 is 1. The van der Waals surface area contributed by atoms with E-state index in [4.69, 9.17) is 4.74 Å². The van der Waals surface area contributed by atoms with Crippen molar-refractivity contribution in [3.05, 3.63) is 125 Å². The SMILES string of the molecule is COc1ccc(C(=O)Nc2ccccc2C(=O)[O-])cc1NC(=O)C(c1ccccc1)c1ccccc1. The largest absolute Gasteiger partial charge is 0.545 e. The van der Waals surface area contributed by atoms with Gasteiger partial charge in [-0.15, -0.1) is 0 Å². The number of hydrogen-bond donors (Lipinski definition) is 2. The molecular weight excluding hydrogens is 456 g/mol. The lowest BCUT2D eigenvalue weighted by atomic mass is 9.90. The maximum Gasteiger partial charge on any atom is 0.255 e. The van der Waals surface area contributed by atoms with Gasteiger partial charge in [0.05, 0.1) is 30.4 Å². The molecule has 2 N–H and O–H groups in total. The lowest BCUT2D eigenvalue weighted by Gasteiger charge is -2.19. The zero-order chi connectivity index (χ0) is 25.5. The fourth-order valence-electron chi connectivity index (χ4n) is 3.90. The quantitative estimate of drug-likeness (QED) is 0.396. The van der Waals surface area contributed by atoms with Gasteiger partial charge in [-0.1, -0.05) is 78.9 Å². The Morgan fingerprint density at radius 2 is 1.31 bits per heavy atom. The van der Waals surface area contributed by atoms with E-state index < -0.39 is 17.8 Å². The zero-order valence-corrected chi connectivity index (χ0v) is 19.4. The van der Waals surface area contributed by atoms with Crippen LogP contribution in [0.2, 0.25) is 0 Å². The van der Waals surface area contributed by atoms with Crippen molar-refractivity contribution in [3.63, 3.8) is 0 Å². The van der Waals surface area contributed by atoms with Crippen molar-refractivity contribution in [1.82, 2.24) is 0 Å². The van der Waals surface area contributed by atoms with Crippen molar-refractivity contribution in [2.24, 2.45) is 0 Å². The molecule has 0 bridgehead atoms. The molecule has 0 aliphatic carbocycles. The van der Waals surface area contributed by atoms with Gasteiger partial charge in [-0.2, -0.15) is 0 Å². The topological polar surface area (TPSA) is 108 Å². The number of carbonyl (C=O) groups is 3. The lowest BCUT2D eigenvalue weighted by molar-refractivity contribution is -0.254. The first-order chi connectivity index (χ1) is 17.5. The smallest absolute Gasteiger partial charge is 0.255 e. The van der Waals surface area contributed by atoms with Gasteiger partial charge >= 0.3 is 0 Å². The van der Waals surface area contributed by atoms with Crippen molar-refractivity contribution in [3.8, 4) is 5.75 Å². The normalized spacial score (nSPS) is 10.5. The summed E-state index contributed by atoms with van der Waals surface area (Å²) < 4.78 is 5.41. The van der Waals surface area contributed by atoms with E-state index in [0.29, 0.717) is 11.4 Å². The monoisotopic (exact) mass is 479 g/mol. The molecule has 7 heteroatoms. The standard InChI is InChI=1S/C29H24N2O5/c1-36-25-17-16-21(27(32)30-23-15-9-8-14-22(23)29(34)35)18-24(25)31-28(33)26(19-10-4-2-5-11-19)20-12-6-3-7-13-20/h2-18,26H,1H3,(H,30,32)(H,31,33)(H,34,35)/p-1. The first kappa shape index (κ1) is 24.2. The Morgan fingerprint density at radius 3 is 1.89 bits per heavy atom. The Bertz CT molecular complexity index is 1350. The highest BCUT2D eigenvalue weighted by Gasteiger charge is 2.24. The maximum absolute atomic E-state index is 13.5. The molecule has 0 aliphatic rings. The molecule has 0 saturated carbocycles. The number of nitrogens with one attached hydrogen (secondary N) is 2. The van der Waals surface area contributed by atoms with Crippen LogP contribution in [0.25, 0.3) is 0 Å². The van der Waals surface area contributed by atoms with E-state index in [1.54, 1.807) is 12.1 Å². The van der Waals surface area contributed by atoms with Crippen LogP contribution >= 0.6 is 0 Å². The molecule has 0 atom stereocenters. The molecule has 0 heterocycles. The first-order valence-electron chi connectivity index (χ1n) is 11.2. The van der Waals surface area contributed by atoms with Crippen LogP contribution in [0, 0.1) is 0 Å². The van der Waals surface area contributed by atoms with Crippen LogP contribution in [0.5, 0.6) is 5.75 Å². The number of aromatic carboxylic acids is 1. The Kier molecular flexibility index (Phi) is 7.41. The van der Waals surface area contributed by atoms with E-state index in [1.807, 2.05) is 60.7 Å². The van der Waals surface area contributed by atoms with Gasteiger partial charge in [0.2, 0.25) is 5.91 Å². The number of anilines is 2. The highest BCUT2D eigenvalue weighted by Crippen LogP contribution is 2.30. The second-order valence-electron chi connectivity index (χ2n) is 7.95. The van der Waals surface area contributed by atoms with Crippen molar-refractivity contribution in [1.29, 1.82) is 0 Å². The maximum atomic E-state index is 13.5. The first-order valence-corrected chi connectivity index (χ1v) is 11.2. The van der Waals surface area contributed by atoms with Crippen LogP contribution in [-0.4, -0.2) is 24.9 Å². The summed E-state index contributed by atoms with van der Waals surface area (Å²) in [5, 5.41) is 16.9. The molecule has 0 aromatic heterocycles. The third-order valence-corrected chi connectivity index (χ3v) is 5.64. The number of benzene rings is 4. The van der Waals surface area contributed by atoms with E-state index in [9.17, 15) is 19.5 Å². The summed E-state index contributed by atoms with van der Waals surface area (Å²) >= 11 is 0. The molecular formula is C29H23N2O5-. The third-order valence-electron chi connectivity index (χ3n) is 5.64. The average molecular weight is 480 g/mol. The number of rotatable bonds is 8. The number of amides is 2.